The highest BCUT2D eigenvalue weighted by Gasteiger charge is 2.33. The molecular weight excluding hydrogens is 369 g/mol. The van der Waals surface area contributed by atoms with Crippen molar-refractivity contribution < 1.29 is 22.8 Å². The fourth-order valence-electron chi connectivity index (χ4n) is 2.85. The number of nitrogens with zero attached hydrogens (tertiary/aromatic N) is 1. The second-order valence-electron chi connectivity index (χ2n) is 7.50. The summed E-state index contributed by atoms with van der Waals surface area (Å²) in [6.07, 6.45) is -3.59. The van der Waals surface area contributed by atoms with Gasteiger partial charge in [-0.1, -0.05) is 32.4 Å². The largest absolute Gasteiger partial charge is 0.416 e. The number of hydrogen-bond acceptors (Lipinski definition) is 2. The molecule has 0 bridgehead atoms. The van der Waals surface area contributed by atoms with E-state index >= 15 is 0 Å². The molecule has 4 nitrogen and oxygen atoms in total. The zero-order valence-corrected chi connectivity index (χ0v) is 15.7. The minimum Gasteiger partial charge on any atom is -0.342 e. The van der Waals surface area contributed by atoms with Gasteiger partial charge in [-0.15, -0.1) is 0 Å². The third-order valence-corrected chi connectivity index (χ3v) is 4.68. The fraction of sp³-hybridized carbons (Fsp3) is 0.556. The number of piperidine rings is 1. The molecule has 2 rings (SSSR count). The van der Waals surface area contributed by atoms with Crippen molar-refractivity contribution in [1.29, 1.82) is 0 Å². The van der Waals surface area contributed by atoms with E-state index in [-0.39, 0.29) is 28.4 Å². The molecule has 0 atom stereocenters. The van der Waals surface area contributed by atoms with Crippen molar-refractivity contribution in [2.24, 2.45) is 11.3 Å². The SMILES string of the molecule is CC(C)(C)C(=O)N1CCC(C(=O)Nc2cc(C(F)(F)F)ccc2Cl)CC1. The van der Waals surface area contributed by atoms with E-state index in [1.54, 1.807) is 4.90 Å². The van der Waals surface area contributed by atoms with Gasteiger partial charge in [0.25, 0.3) is 0 Å². The molecule has 0 aromatic heterocycles. The molecule has 1 fully saturated rings. The third kappa shape index (κ3) is 4.90. The van der Waals surface area contributed by atoms with Crippen LogP contribution in [0.1, 0.15) is 39.2 Å². The minimum absolute atomic E-state index is 0.0253. The van der Waals surface area contributed by atoms with Crippen LogP contribution in [0.25, 0.3) is 0 Å². The van der Waals surface area contributed by atoms with Crippen molar-refractivity contribution in [2.75, 3.05) is 18.4 Å². The van der Waals surface area contributed by atoms with Gasteiger partial charge < -0.3 is 10.2 Å². The molecular formula is C18H22ClF3N2O2. The maximum atomic E-state index is 12.8. The van der Waals surface area contributed by atoms with E-state index in [0.717, 1.165) is 18.2 Å². The van der Waals surface area contributed by atoms with Crippen molar-refractivity contribution in [3.05, 3.63) is 28.8 Å². The van der Waals surface area contributed by atoms with Crippen LogP contribution in [0.15, 0.2) is 18.2 Å². The number of hydrogen-bond donors (Lipinski definition) is 1. The number of benzene rings is 1. The molecule has 0 aliphatic carbocycles. The van der Waals surface area contributed by atoms with Crippen LogP contribution in [0, 0.1) is 11.3 Å². The molecule has 8 heteroatoms. The van der Waals surface area contributed by atoms with E-state index in [1.165, 1.54) is 0 Å². The van der Waals surface area contributed by atoms with Crippen LogP contribution in [0.4, 0.5) is 18.9 Å². The molecule has 1 aromatic rings. The lowest BCUT2D eigenvalue weighted by atomic mass is 9.90. The van der Waals surface area contributed by atoms with E-state index in [0.29, 0.717) is 25.9 Å². The van der Waals surface area contributed by atoms with Crippen molar-refractivity contribution in [1.82, 2.24) is 4.90 Å². The quantitative estimate of drug-likeness (QED) is 0.803. The maximum Gasteiger partial charge on any atom is 0.416 e. The smallest absolute Gasteiger partial charge is 0.342 e. The molecule has 0 spiro atoms. The topological polar surface area (TPSA) is 49.4 Å². The van der Waals surface area contributed by atoms with E-state index in [2.05, 4.69) is 5.32 Å². The molecule has 26 heavy (non-hydrogen) atoms. The number of rotatable bonds is 2. The van der Waals surface area contributed by atoms with Gasteiger partial charge >= 0.3 is 6.18 Å². The van der Waals surface area contributed by atoms with Crippen molar-refractivity contribution in [3.63, 3.8) is 0 Å². The number of nitrogens with one attached hydrogen (secondary N) is 1. The van der Waals surface area contributed by atoms with Crippen LogP contribution >= 0.6 is 11.6 Å². The second kappa shape index (κ2) is 7.47. The summed E-state index contributed by atoms with van der Waals surface area (Å²) in [5, 5.41) is 2.54. The molecule has 1 saturated heterocycles. The maximum absolute atomic E-state index is 12.8. The molecule has 0 saturated carbocycles. The number of alkyl halides is 3. The number of anilines is 1. The van der Waals surface area contributed by atoms with Crippen LogP contribution < -0.4 is 5.32 Å². The monoisotopic (exact) mass is 390 g/mol. The average Bonchev–Trinajstić information content (AvgIpc) is 2.54. The van der Waals surface area contributed by atoms with Gasteiger partial charge in [-0.2, -0.15) is 13.2 Å². The Morgan fingerprint density at radius 1 is 1.15 bits per heavy atom. The second-order valence-corrected chi connectivity index (χ2v) is 7.91. The molecule has 1 heterocycles. The Bertz CT molecular complexity index is 691. The van der Waals surface area contributed by atoms with Gasteiger partial charge in [0.05, 0.1) is 16.3 Å². The first-order valence-electron chi connectivity index (χ1n) is 8.36. The zero-order chi connectivity index (χ0) is 19.7. The number of halogens is 4. The fourth-order valence-corrected chi connectivity index (χ4v) is 3.02. The van der Waals surface area contributed by atoms with Gasteiger partial charge in [-0.3, -0.25) is 9.59 Å². The van der Waals surface area contributed by atoms with E-state index in [9.17, 15) is 22.8 Å². The normalized spacial score (nSPS) is 16.5. The Hall–Kier alpha value is -1.76. The zero-order valence-electron chi connectivity index (χ0n) is 14.9. The van der Waals surface area contributed by atoms with Gasteiger partial charge in [0.2, 0.25) is 11.8 Å². The van der Waals surface area contributed by atoms with Crippen molar-refractivity contribution in [3.8, 4) is 0 Å². The standard InChI is InChI=1S/C18H22ClF3N2O2/c1-17(2,3)16(26)24-8-6-11(7-9-24)15(25)23-14-10-12(18(20,21)22)4-5-13(14)19/h4-5,10-11H,6-9H2,1-3H3,(H,23,25). The lowest BCUT2D eigenvalue weighted by Gasteiger charge is -2.35. The lowest BCUT2D eigenvalue weighted by molar-refractivity contribution is -0.142. The number of amides is 2. The molecule has 144 valence electrons. The molecule has 1 N–H and O–H groups in total. The summed E-state index contributed by atoms with van der Waals surface area (Å²) in [4.78, 5) is 26.4. The number of carbonyl (C=O) groups is 2. The molecule has 1 aromatic carbocycles. The number of likely N-dealkylation sites (tertiary alicyclic amines) is 1. The highest BCUT2D eigenvalue weighted by Crippen LogP contribution is 2.34. The minimum atomic E-state index is -4.51. The van der Waals surface area contributed by atoms with Crippen molar-refractivity contribution >= 4 is 29.1 Å². The van der Waals surface area contributed by atoms with Gasteiger partial charge in [-0.05, 0) is 31.0 Å². The lowest BCUT2D eigenvalue weighted by Crippen LogP contribution is -2.45. The highest BCUT2D eigenvalue weighted by molar-refractivity contribution is 6.33. The van der Waals surface area contributed by atoms with Crippen molar-refractivity contribution in [2.45, 2.75) is 39.8 Å². The highest BCUT2D eigenvalue weighted by atomic mass is 35.5. The van der Waals surface area contributed by atoms with Crippen LogP contribution in [-0.2, 0) is 15.8 Å². The van der Waals surface area contributed by atoms with Crippen LogP contribution in [0.3, 0.4) is 0 Å². The summed E-state index contributed by atoms with van der Waals surface area (Å²) in [5.74, 6) is -0.726. The van der Waals surface area contributed by atoms with Gasteiger partial charge in [0.1, 0.15) is 0 Å². The molecule has 1 aliphatic rings. The summed E-state index contributed by atoms with van der Waals surface area (Å²) >= 11 is 5.91. The predicted octanol–water partition coefficient (Wildman–Crippen LogP) is 4.58. The summed E-state index contributed by atoms with van der Waals surface area (Å²) < 4.78 is 38.4. The Morgan fingerprint density at radius 3 is 2.23 bits per heavy atom. The van der Waals surface area contributed by atoms with Gasteiger partial charge in [0.15, 0.2) is 0 Å². The predicted molar refractivity (Wildman–Crippen MR) is 93.8 cm³/mol. The van der Waals surface area contributed by atoms with E-state index in [1.807, 2.05) is 20.8 Å². The summed E-state index contributed by atoms with van der Waals surface area (Å²) in [6, 6.07) is 2.82. The van der Waals surface area contributed by atoms with Gasteiger partial charge in [-0.25, -0.2) is 0 Å². The first-order valence-corrected chi connectivity index (χ1v) is 8.74. The van der Waals surface area contributed by atoms with Crippen LogP contribution in [0.5, 0.6) is 0 Å². The number of carbonyl (C=O) groups excluding carboxylic acids is 2. The van der Waals surface area contributed by atoms with E-state index in [4.69, 9.17) is 11.6 Å². The van der Waals surface area contributed by atoms with Crippen LogP contribution in [-0.4, -0.2) is 29.8 Å². The Balaban J connectivity index is 2.01. The summed E-state index contributed by atoms with van der Waals surface area (Å²) in [6.45, 7) is 6.41. The summed E-state index contributed by atoms with van der Waals surface area (Å²) in [7, 11) is 0. The average molecular weight is 391 g/mol. The first kappa shape index (κ1) is 20.6. The van der Waals surface area contributed by atoms with E-state index < -0.39 is 17.2 Å². The Kier molecular flexibility index (Phi) is 5.90. The molecule has 0 unspecified atom stereocenters. The molecule has 2 amide bonds. The molecule has 1 aliphatic heterocycles. The Labute approximate surface area is 155 Å². The summed E-state index contributed by atoms with van der Waals surface area (Å²) in [5.41, 5.74) is -1.41. The molecule has 0 radical (unpaired) electrons. The Morgan fingerprint density at radius 2 is 1.73 bits per heavy atom. The first-order chi connectivity index (χ1) is 11.9. The van der Waals surface area contributed by atoms with Crippen LogP contribution in [0.2, 0.25) is 5.02 Å². The van der Waals surface area contributed by atoms with Gasteiger partial charge in [0, 0.05) is 24.4 Å². The third-order valence-electron chi connectivity index (χ3n) is 4.35.